The van der Waals surface area contributed by atoms with E-state index in [4.69, 9.17) is 28.9 Å². The quantitative estimate of drug-likeness (QED) is 0.497. The molecule has 0 saturated heterocycles. The average Bonchev–Trinajstić information content (AvgIpc) is 2.95. The Labute approximate surface area is 165 Å². The Kier molecular flexibility index (Phi) is 5.87. The highest BCUT2D eigenvalue weighted by Gasteiger charge is 2.30. The molecule has 136 valence electrons. The number of nitrogens with two attached hydrogens (primary N) is 1. The highest BCUT2D eigenvalue weighted by molar-refractivity contribution is 8.04. The molecule has 2 heterocycles. The molecule has 7 nitrogen and oxygen atoms in total. The van der Waals surface area contributed by atoms with Crippen LogP contribution in [0.5, 0.6) is 0 Å². The van der Waals surface area contributed by atoms with Gasteiger partial charge in [-0.25, -0.2) is 9.97 Å². The Morgan fingerprint density at radius 1 is 1.38 bits per heavy atom. The monoisotopic (exact) mass is 410 g/mol. The maximum absolute atomic E-state index is 10.9. The molecule has 0 fully saturated rings. The van der Waals surface area contributed by atoms with Gasteiger partial charge in [0, 0.05) is 18.8 Å². The molecule has 0 aliphatic carbocycles. The first-order chi connectivity index (χ1) is 12.5. The van der Waals surface area contributed by atoms with Crippen molar-refractivity contribution in [1.29, 1.82) is 0 Å². The number of hydrogen-bond acceptors (Lipinski definition) is 7. The van der Waals surface area contributed by atoms with Gasteiger partial charge in [-0.05, 0) is 18.6 Å². The number of nitrogens with zero attached hydrogens (tertiary/aromatic N) is 3. The summed E-state index contributed by atoms with van der Waals surface area (Å²) in [6.45, 7) is 2.08. The van der Waals surface area contributed by atoms with Crippen molar-refractivity contribution >= 4 is 52.9 Å². The van der Waals surface area contributed by atoms with Gasteiger partial charge in [0.1, 0.15) is 16.8 Å². The number of carbonyl (C=O) groups is 1. The van der Waals surface area contributed by atoms with Crippen LogP contribution in [0, 0.1) is 6.92 Å². The molecule has 2 aromatic rings. The number of aromatic nitrogens is 2. The van der Waals surface area contributed by atoms with E-state index in [0.29, 0.717) is 39.8 Å². The van der Waals surface area contributed by atoms with Crippen molar-refractivity contribution in [1.82, 2.24) is 15.3 Å². The molecule has 4 N–H and O–H groups in total. The minimum atomic E-state index is -0.312. The number of thioether (sulfide) groups is 1. The van der Waals surface area contributed by atoms with Crippen LogP contribution >= 0.6 is 35.0 Å². The molecule has 1 aliphatic heterocycles. The number of halogens is 2. The van der Waals surface area contributed by atoms with Crippen molar-refractivity contribution in [2.45, 2.75) is 19.0 Å². The van der Waals surface area contributed by atoms with Crippen molar-refractivity contribution < 1.29 is 4.79 Å². The lowest BCUT2D eigenvalue weighted by atomic mass is 10.1. The van der Waals surface area contributed by atoms with Crippen LogP contribution in [-0.4, -0.2) is 21.9 Å². The SMILES string of the molecule is Cc1nc(Cl)cc(NC2SC(NC=O)=CN2c2c(Cl)cccc2CN)n1. The van der Waals surface area contributed by atoms with Crippen LogP contribution in [0.3, 0.4) is 0 Å². The van der Waals surface area contributed by atoms with Crippen molar-refractivity contribution in [2.24, 2.45) is 5.73 Å². The zero-order chi connectivity index (χ0) is 18.7. The lowest BCUT2D eigenvalue weighted by molar-refractivity contribution is -0.108. The lowest BCUT2D eigenvalue weighted by Gasteiger charge is -2.28. The minimum Gasteiger partial charge on any atom is -0.341 e. The van der Waals surface area contributed by atoms with E-state index < -0.39 is 0 Å². The number of para-hydroxylation sites is 1. The van der Waals surface area contributed by atoms with Crippen LogP contribution in [0.1, 0.15) is 11.4 Å². The molecule has 0 radical (unpaired) electrons. The van der Waals surface area contributed by atoms with Gasteiger partial charge in [-0.1, -0.05) is 47.1 Å². The van der Waals surface area contributed by atoms with E-state index in [-0.39, 0.29) is 5.50 Å². The molecule has 26 heavy (non-hydrogen) atoms. The molecule has 10 heteroatoms. The number of amides is 1. The molecule has 1 aromatic heterocycles. The Balaban J connectivity index is 1.97. The molecular formula is C16H16Cl2N6OS. The molecule has 1 amide bonds. The molecule has 1 atom stereocenters. The zero-order valence-electron chi connectivity index (χ0n) is 13.7. The summed E-state index contributed by atoms with van der Waals surface area (Å²) in [5.74, 6) is 1.11. The lowest BCUT2D eigenvalue weighted by Crippen LogP contribution is -2.33. The third-order valence-electron chi connectivity index (χ3n) is 3.58. The fourth-order valence-corrected chi connectivity index (χ4v) is 4.07. The maximum Gasteiger partial charge on any atom is 0.211 e. The third kappa shape index (κ3) is 4.04. The van der Waals surface area contributed by atoms with E-state index >= 15 is 0 Å². The predicted molar refractivity (Wildman–Crippen MR) is 106 cm³/mol. The number of hydrogen-bond donors (Lipinski definition) is 3. The van der Waals surface area contributed by atoms with Crippen LogP contribution in [0.25, 0.3) is 0 Å². The van der Waals surface area contributed by atoms with Gasteiger partial charge in [-0.2, -0.15) is 0 Å². The van der Waals surface area contributed by atoms with Crippen LogP contribution in [0.4, 0.5) is 11.5 Å². The van der Waals surface area contributed by atoms with Crippen molar-refractivity contribution in [3.8, 4) is 0 Å². The number of nitrogens with one attached hydrogen (secondary N) is 2. The van der Waals surface area contributed by atoms with Crippen molar-refractivity contribution in [2.75, 3.05) is 10.2 Å². The molecule has 1 aliphatic rings. The van der Waals surface area contributed by atoms with Crippen LogP contribution in [0.2, 0.25) is 10.2 Å². The van der Waals surface area contributed by atoms with Gasteiger partial charge in [0.25, 0.3) is 0 Å². The summed E-state index contributed by atoms with van der Waals surface area (Å²) in [6, 6.07) is 7.19. The summed E-state index contributed by atoms with van der Waals surface area (Å²) < 4.78 is 0. The number of aryl methyl sites for hydroxylation is 1. The Bertz CT molecular complexity index is 842. The summed E-state index contributed by atoms with van der Waals surface area (Å²) in [4.78, 5) is 21.2. The molecule has 3 rings (SSSR count). The van der Waals surface area contributed by atoms with Gasteiger partial charge >= 0.3 is 0 Å². The molecule has 0 saturated carbocycles. The molecule has 1 aromatic carbocycles. The molecule has 0 bridgehead atoms. The summed E-state index contributed by atoms with van der Waals surface area (Å²) in [7, 11) is 0. The molecule has 1 unspecified atom stereocenters. The van der Waals surface area contributed by atoms with Gasteiger partial charge in [0.15, 0.2) is 5.50 Å². The average molecular weight is 411 g/mol. The van der Waals surface area contributed by atoms with E-state index in [1.807, 2.05) is 17.0 Å². The highest BCUT2D eigenvalue weighted by Crippen LogP contribution is 2.40. The van der Waals surface area contributed by atoms with Crippen LogP contribution < -0.4 is 21.3 Å². The second-order valence-corrected chi connectivity index (χ2v) is 7.27. The van der Waals surface area contributed by atoms with E-state index in [9.17, 15) is 4.79 Å². The van der Waals surface area contributed by atoms with Crippen molar-refractivity contribution in [3.63, 3.8) is 0 Å². The van der Waals surface area contributed by atoms with Crippen molar-refractivity contribution in [3.05, 3.63) is 57.1 Å². The first-order valence-corrected chi connectivity index (χ1v) is 9.27. The molecule has 0 spiro atoms. The van der Waals surface area contributed by atoms with E-state index in [2.05, 4.69) is 20.6 Å². The second kappa shape index (κ2) is 8.13. The Morgan fingerprint density at radius 2 is 2.19 bits per heavy atom. The van der Waals surface area contributed by atoms with Crippen LogP contribution in [-0.2, 0) is 11.3 Å². The van der Waals surface area contributed by atoms with E-state index in [0.717, 1.165) is 11.3 Å². The topological polar surface area (TPSA) is 96.2 Å². The summed E-state index contributed by atoms with van der Waals surface area (Å²) in [5, 5.41) is 7.51. The Hall–Kier alpha value is -2.00. The highest BCUT2D eigenvalue weighted by atomic mass is 35.5. The summed E-state index contributed by atoms with van der Waals surface area (Å²) >= 11 is 13.9. The number of benzene rings is 1. The van der Waals surface area contributed by atoms with Gasteiger partial charge < -0.3 is 21.3 Å². The van der Waals surface area contributed by atoms with Gasteiger partial charge in [0.2, 0.25) is 6.41 Å². The van der Waals surface area contributed by atoms with E-state index in [1.54, 1.807) is 25.3 Å². The number of anilines is 2. The number of carbonyl (C=O) groups excluding carboxylic acids is 1. The normalized spacial score (nSPS) is 16.4. The smallest absolute Gasteiger partial charge is 0.211 e. The minimum absolute atomic E-state index is 0.312. The first kappa shape index (κ1) is 18.8. The number of rotatable bonds is 6. The van der Waals surface area contributed by atoms with Gasteiger partial charge in [0.05, 0.1) is 15.7 Å². The zero-order valence-corrected chi connectivity index (χ0v) is 16.1. The standard InChI is InChI=1S/C16H16Cl2N6OS/c1-9-21-12(18)5-13(22-9)23-16-24(7-14(26-16)20-8-25)15-10(6-19)3-2-4-11(15)17/h2-5,7-8,16H,6,19H2,1H3,(H,20,25)(H,21,22,23). The first-order valence-electron chi connectivity index (χ1n) is 7.64. The summed E-state index contributed by atoms with van der Waals surface area (Å²) in [6.07, 6.45) is 2.42. The third-order valence-corrected chi connectivity index (χ3v) is 5.12. The van der Waals surface area contributed by atoms with Gasteiger partial charge in [-0.15, -0.1) is 0 Å². The molecular weight excluding hydrogens is 395 g/mol. The largest absolute Gasteiger partial charge is 0.341 e. The predicted octanol–water partition coefficient (Wildman–Crippen LogP) is 3.04. The Morgan fingerprint density at radius 3 is 2.88 bits per heavy atom. The van der Waals surface area contributed by atoms with E-state index in [1.165, 1.54) is 11.8 Å². The summed E-state index contributed by atoms with van der Waals surface area (Å²) in [5.41, 5.74) is 7.21. The fourth-order valence-electron chi connectivity index (χ4n) is 2.56. The van der Waals surface area contributed by atoms with Gasteiger partial charge in [-0.3, -0.25) is 4.79 Å². The van der Waals surface area contributed by atoms with Crippen LogP contribution in [0.15, 0.2) is 35.5 Å². The second-order valence-electron chi connectivity index (χ2n) is 5.35. The fraction of sp³-hybridized carbons (Fsp3) is 0.188. The maximum atomic E-state index is 10.9.